The summed E-state index contributed by atoms with van der Waals surface area (Å²) in [5.74, 6) is 0.331. The Morgan fingerprint density at radius 3 is 2.52 bits per heavy atom. The molecule has 0 aliphatic rings. The Morgan fingerprint density at radius 1 is 1.26 bits per heavy atom. The van der Waals surface area contributed by atoms with E-state index in [1.165, 1.54) is 11.2 Å². The van der Waals surface area contributed by atoms with E-state index in [0.717, 1.165) is 5.56 Å². The molecule has 0 saturated heterocycles. The van der Waals surface area contributed by atoms with E-state index in [0.29, 0.717) is 11.6 Å². The first-order chi connectivity index (χ1) is 11.0. The fraction of sp³-hybridized carbons (Fsp3) is 0.412. The van der Waals surface area contributed by atoms with Crippen LogP contribution in [0.2, 0.25) is 0 Å². The van der Waals surface area contributed by atoms with Crippen LogP contribution in [0.5, 0.6) is 0 Å². The zero-order chi connectivity index (χ0) is 16.9. The lowest BCUT2D eigenvalue weighted by Gasteiger charge is -2.30. The summed E-state index contributed by atoms with van der Waals surface area (Å²) >= 11 is 0. The molecular weight excluding hydrogens is 296 g/mol. The molecule has 0 unspecified atom stereocenters. The smallest absolute Gasteiger partial charge is 0.228 e. The molecule has 1 heterocycles. The number of amides is 1. The quantitative estimate of drug-likeness (QED) is 0.804. The SMILES string of the molecule is CN(CC(C)(CO)CO)C(=O)Cc1coc(-c2ccccc2)n1. The summed E-state index contributed by atoms with van der Waals surface area (Å²) in [6, 6.07) is 9.46. The molecule has 2 rings (SSSR count). The standard InChI is InChI=1S/C17H22N2O4/c1-17(11-20,12-21)10-19(2)15(22)8-14-9-23-16(18-14)13-6-4-3-5-7-13/h3-7,9,20-21H,8,10-12H2,1-2H3. The lowest BCUT2D eigenvalue weighted by atomic mass is 9.92. The van der Waals surface area contributed by atoms with Crippen LogP contribution in [0.25, 0.3) is 11.5 Å². The van der Waals surface area contributed by atoms with E-state index in [1.807, 2.05) is 30.3 Å². The molecule has 0 spiro atoms. The molecule has 0 saturated carbocycles. The van der Waals surface area contributed by atoms with Gasteiger partial charge in [0, 0.05) is 24.6 Å². The number of aliphatic hydroxyl groups is 2. The average Bonchev–Trinajstić information content (AvgIpc) is 3.04. The average molecular weight is 318 g/mol. The van der Waals surface area contributed by atoms with Crippen LogP contribution in [-0.2, 0) is 11.2 Å². The summed E-state index contributed by atoms with van der Waals surface area (Å²) in [5, 5.41) is 18.6. The Bertz CT molecular complexity index is 635. The van der Waals surface area contributed by atoms with Crippen molar-refractivity contribution in [3.63, 3.8) is 0 Å². The number of oxazole rings is 1. The van der Waals surface area contributed by atoms with E-state index >= 15 is 0 Å². The minimum atomic E-state index is -0.719. The fourth-order valence-electron chi connectivity index (χ4n) is 2.20. The number of hydrogen-bond donors (Lipinski definition) is 2. The maximum absolute atomic E-state index is 12.2. The Kier molecular flexibility index (Phi) is 5.52. The number of hydrogen-bond acceptors (Lipinski definition) is 5. The van der Waals surface area contributed by atoms with Gasteiger partial charge in [-0.25, -0.2) is 4.98 Å². The van der Waals surface area contributed by atoms with E-state index in [1.54, 1.807) is 14.0 Å². The third kappa shape index (κ3) is 4.40. The number of likely N-dealkylation sites (N-methyl/N-ethyl adjacent to an activating group) is 1. The van der Waals surface area contributed by atoms with Crippen molar-refractivity contribution in [1.82, 2.24) is 9.88 Å². The van der Waals surface area contributed by atoms with Crippen LogP contribution in [-0.4, -0.2) is 52.8 Å². The predicted octanol–water partition coefficient (Wildman–Crippen LogP) is 1.33. The van der Waals surface area contributed by atoms with Crippen molar-refractivity contribution >= 4 is 5.91 Å². The lowest BCUT2D eigenvalue weighted by Crippen LogP contribution is -2.42. The van der Waals surface area contributed by atoms with Crippen molar-refractivity contribution in [3.05, 3.63) is 42.3 Å². The van der Waals surface area contributed by atoms with Crippen molar-refractivity contribution in [2.24, 2.45) is 5.41 Å². The lowest BCUT2D eigenvalue weighted by molar-refractivity contribution is -0.131. The van der Waals surface area contributed by atoms with Gasteiger partial charge in [-0.05, 0) is 12.1 Å². The van der Waals surface area contributed by atoms with Crippen molar-refractivity contribution in [1.29, 1.82) is 0 Å². The van der Waals surface area contributed by atoms with E-state index < -0.39 is 5.41 Å². The van der Waals surface area contributed by atoms with Crippen LogP contribution in [0.4, 0.5) is 0 Å². The zero-order valence-corrected chi connectivity index (χ0v) is 13.4. The Hall–Kier alpha value is -2.18. The first kappa shape index (κ1) is 17.2. The Morgan fingerprint density at radius 2 is 1.91 bits per heavy atom. The van der Waals surface area contributed by atoms with Crippen molar-refractivity contribution < 1.29 is 19.4 Å². The maximum atomic E-state index is 12.2. The molecule has 2 aromatic rings. The number of rotatable bonds is 7. The van der Waals surface area contributed by atoms with Gasteiger partial charge in [0.15, 0.2) is 0 Å². The largest absolute Gasteiger partial charge is 0.444 e. The topological polar surface area (TPSA) is 86.8 Å². The van der Waals surface area contributed by atoms with Crippen LogP contribution in [0.3, 0.4) is 0 Å². The highest BCUT2D eigenvalue weighted by molar-refractivity contribution is 5.78. The van der Waals surface area contributed by atoms with Gasteiger partial charge in [-0.15, -0.1) is 0 Å². The maximum Gasteiger partial charge on any atom is 0.228 e. The third-order valence-corrected chi connectivity index (χ3v) is 3.71. The van der Waals surface area contributed by atoms with Crippen molar-refractivity contribution in [2.45, 2.75) is 13.3 Å². The Balaban J connectivity index is 1.99. The second-order valence-corrected chi connectivity index (χ2v) is 6.06. The van der Waals surface area contributed by atoms with Gasteiger partial charge in [-0.3, -0.25) is 4.79 Å². The normalized spacial score (nSPS) is 11.5. The Labute approximate surface area is 135 Å². The molecule has 6 heteroatoms. The minimum absolute atomic E-state index is 0.111. The first-order valence-electron chi connectivity index (χ1n) is 7.43. The summed E-state index contributed by atoms with van der Waals surface area (Å²) < 4.78 is 5.41. The van der Waals surface area contributed by atoms with Crippen LogP contribution < -0.4 is 0 Å². The molecule has 0 bridgehead atoms. The summed E-state index contributed by atoms with van der Waals surface area (Å²) in [6.45, 7) is 1.61. The summed E-state index contributed by atoms with van der Waals surface area (Å²) in [4.78, 5) is 18.1. The number of aliphatic hydroxyl groups excluding tert-OH is 2. The van der Waals surface area contributed by atoms with Gasteiger partial charge in [0.05, 0.1) is 25.3 Å². The van der Waals surface area contributed by atoms with E-state index in [2.05, 4.69) is 4.98 Å². The van der Waals surface area contributed by atoms with Crippen LogP contribution >= 0.6 is 0 Å². The molecule has 0 aliphatic carbocycles. The second-order valence-electron chi connectivity index (χ2n) is 6.06. The minimum Gasteiger partial charge on any atom is -0.444 e. The van der Waals surface area contributed by atoms with Gasteiger partial charge in [0.2, 0.25) is 11.8 Å². The van der Waals surface area contributed by atoms with Crippen LogP contribution in [0.15, 0.2) is 41.0 Å². The molecule has 0 aliphatic heterocycles. The molecule has 124 valence electrons. The van der Waals surface area contributed by atoms with Gasteiger partial charge < -0.3 is 19.5 Å². The molecule has 1 aromatic carbocycles. The van der Waals surface area contributed by atoms with Gasteiger partial charge in [-0.1, -0.05) is 25.1 Å². The molecular formula is C17H22N2O4. The summed E-state index contributed by atoms with van der Waals surface area (Å²) in [5.41, 5.74) is 0.687. The van der Waals surface area contributed by atoms with E-state index in [-0.39, 0.29) is 32.1 Å². The molecule has 0 radical (unpaired) electrons. The molecule has 2 N–H and O–H groups in total. The molecule has 23 heavy (non-hydrogen) atoms. The van der Waals surface area contributed by atoms with Crippen LogP contribution in [0.1, 0.15) is 12.6 Å². The highest BCUT2D eigenvalue weighted by Gasteiger charge is 2.26. The monoisotopic (exact) mass is 318 g/mol. The number of benzene rings is 1. The molecule has 0 atom stereocenters. The highest BCUT2D eigenvalue weighted by atomic mass is 16.3. The first-order valence-corrected chi connectivity index (χ1v) is 7.43. The zero-order valence-electron chi connectivity index (χ0n) is 13.4. The third-order valence-electron chi connectivity index (χ3n) is 3.71. The second kappa shape index (κ2) is 7.39. The van der Waals surface area contributed by atoms with Gasteiger partial charge in [0.1, 0.15) is 6.26 Å². The summed E-state index contributed by atoms with van der Waals surface area (Å²) in [7, 11) is 1.64. The number of aromatic nitrogens is 1. The molecule has 6 nitrogen and oxygen atoms in total. The van der Waals surface area contributed by atoms with Crippen molar-refractivity contribution in [3.8, 4) is 11.5 Å². The molecule has 1 amide bonds. The van der Waals surface area contributed by atoms with E-state index in [4.69, 9.17) is 4.42 Å². The van der Waals surface area contributed by atoms with Crippen LogP contribution in [0, 0.1) is 5.41 Å². The summed E-state index contributed by atoms with van der Waals surface area (Å²) in [6.07, 6.45) is 1.59. The highest BCUT2D eigenvalue weighted by Crippen LogP contribution is 2.19. The predicted molar refractivity (Wildman–Crippen MR) is 85.6 cm³/mol. The van der Waals surface area contributed by atoms with Gasteiger partial charge >= 0.3 is 0 Å². The van der Waals surface area contributed by atoms with Gasteiger partial charge in [0.25, 0.3) is 0 Å². The number of carbonyl (C=O) groups is 1. The number of nitrogens with zero attached hydrogens (tertiary/aromatic N) is 2. The van der Waals surface area contributed by atoms with E-state index in [9.17, 15) is 15.0 Å². The fourth-order valence-corrected chi connectivity index (χ4v) is 2.20. The van der Waals surface area contributed by atoms with Crippen molar-refractivity contribution in [2.75, 3.05) is 26.8 Å². The number of carbonyl (C=O) groups excluding carboxylic acids is 1. The molecule has 1 aromatic heterocycles. The molecule has 0 fully saturated rings. The van der Waals surface area contributed by atoms with Gasteiger partial charge in [-0.2, -0.15) is 0 Å².